The lowest BCUT2D eigenvalue weighted by Crippen LogP contribution is -2.60. The van der Waals surface area contributed by atoms with Crippen LogP contribution in [0.15, 0.2) is 97.2 Å². The van der Waals surface area contributed by atoms with Crippen LogP contribution in [0.25, 0.3) is 0 Å². The maximum absolute atomic E-state index is 13.0. The van der Waals surface area contributed by atoms with Crippen molar-refractivity contribution < 1.29 is 39.8 Å². The van der Waals surface area contributed by atoms with Crippen molar-refractivity contribution in [3.8, 4) is 0 Å². The Labute approximate surface area is 447 Å². The van der Waals surface area contributed by atoms with E-state index in [2.05, 4.69) is 104 Å². The Hall–Kier alpha value is -2.89. The molecule has 1 aliphatic heterocycles. The van der Waals surface area contributed by atoms with Gasteiger partial charge >= 0.3 is 0 Å². The van der Waals surface area contributed by atoms with Crippen molar-refractivity contribution in [2.45, 2.75) is 288 Å². The molecule has 6 N–H and O–H groups in total. The van der Waals surface area contributed by atoms with E-state index in [1.807, 2.05) is 6.08 Å². The van der Waals surface area contributed by atoms with Gasteiger partial charge in [0.05, 0.1) is 25.4 Å². The zero-order chi connectivity index (χ0) is 52.9. The van der Waals surface area contributed by atoms with Gasteiger partial charge < -0.3 is 40.3 Å². The number of aliphatic hydroxyl groups excluding tert-OH is 5. The number of amides is 1. The second kappa shape index (κ2) is 52.5. The van der Waals surface area contributed by atoms with Crippen LogP contribution in [-0.4, -0.2) is 87.5 Å². The number of ether oxygens (including phenoxy) is 2. The third kappa shape index (κ3) is 42.0. The molecule has 0 aromatic rings. The number of hydrogen-bond acceptors (Lipinski definition) is 8. The molecule has 0 aliphatic carbocycles. The fourth-order valence-corrected chi connectivity index (χ4v) is 8.97. The summed E-state index contributed by atoms with van der Waals surface area (Å²) in [6.07, 6.45) is 69.1. The van der Waals surface area contributed by atoms with E-state index in [-0.39, 0.29) is 18.9 Å². The first-order valence-electron chi connectivity index (χ1n) is 30.0. The van der Waals surface area contributed by atoms with Crippen LogP contribution in [-0.2, 0) is 14.3 Å². The molecule has 1 aliphatic rings. The van der Waals surface area contributed by atoms with Gasteiger partial charge in [-0.05, 0) is 70.6 Å². The lowest BCUT2D eigenvalue weighted by atomic mass is 9.99. The molecule has 1 saturated heterocycles. The lowest BCUT2D eigenvalue weighted by Gasteiger charge is -2.40. The SMILES string of the molecule is CC/C=C\C/C=C\C/C=C\C/C=C\C/C=C\C/C=C\C/C=C\CCCC(=O)NC(COC1OC(CO)C(O)C(O)C1O)C(O)/C=C/CCCCCCCCCCCCCCCCCCCCCCCCCCC. The van der Waals surface area contributed by atoms with Crippen molar-refractivity contribution in [3.63, 3.8) is 0 Å². The third-order valence-electron chi connectivity index (χ3n) is 13.7. The number of rotatable bonds is 50. The van der Waals surface area contributed by atoms with E-state index in [0.29, 0.717) is 6.42 Å². The second-order valence-corrected chi connectivity index (χ2v) is 20.4. The molecule has 0 aromatic carbocycles. The summed E-state index contributed by atoms with van der Waals surface area (Å²) in [7, 11) is 0. The van der Waals surface area contributed by atoms with E-state index in [1.54, 1.807) is 6.08 Å². The van der Waals surface area contributed by atoms with Gasteiger partial charge in [-0.3, -0.25) is 4.79 Å². The standard InChI is InChI=1S/C64H111NO8/c1-3-5-7-9-11-13-15-17-19-21-23-25-27-28-29-30-32-33-35-37-39-41-43-45-47-49-51-53-58(67)57(56-72-64-63(71)62(70)61(69)59(55-66)73-64)65-60(68)54-52-50-48-46-44-42-40-38-36-34-31-26-24-22-20-18-16-14-12-10-8-6-4-2/h6,8,12,14,18,20,24,26,34,36,40,42,46,48,51,53,57-59,61-64,66-67,69-71H,3-5,7,9-11,13,15-17,19,21-23,25,27-33,35,37-39,41,43-45,47,49-50,52,54-56H2,1-2H3,(H,65,68)/b8-6-,14-12-,20-18-,26-24-,36-34-,42-40-,48-46-,53-51+. The monoisotopic (exact) mass is 1020 g/mol. The first-order chi connectivity index (χ1) is 35.8. The predicted molar refractivity (Wildman–Crippen MR) is 308 cm³/mol. The highest BCUT2D eigenvalue weighted by Crippen LogP contribution is 2.23. The molecule has 420 valence electrons. The van der Waals surface area contributed by atoms with Crippen LogP contribution in [0.5, 0.6) is 0 Å². The van der Waals surface area contributed by atoms with E-state index in [9.17, 15) is 30.3 Å². The molecule has 0 aromatic heterocycles. The van der Waals surface area contributed by atoms with Crippen molar-refractivity contribution >= 4 is 5.91 Å². The van der Waals surface area contributed by atoms with Gasteiger partial charge in [0, 0.05) is 6.42 Å². The summed E-state index contributed by atoms with van der Waals surface area (Å²) in [6, 6.07) is -0.844. The Balaban J connectivity index is 2.27. The summed E-state index contributed by atoms with van der Waals surface area (Å²) in [5, 5.41) is 54.5. The quantitative estimate of drug-likeness (QED) is 0.0261. The highest BCUT2D eigenvalue weighted by Gasteiger charge is 2.44. The smallest absolute Gasteiger partial charge is 0.220 e. The van der Waals surface area contributed by atoms with E-state index in [4.69, 9.17) is 9.47 Å². The van der Waals surface area contributed by atoms with Crippen molar-refractivity contribution in [2.75, 3.05) is 13.2 Å². The zero-order valence-electron chi connectivity index (χ0n) is 46.6. The van der Waals surface area contributed by atoms with E-state index < -0.39 is 49.5 Å². The number of hydrogen-bond donors (Lipinski definition) is 6. The largest absolute Gasteiger partial charge is 0.394 e. The Morgan fingerprint density at radius 2 is 0.849 bits per heavy atom. The van der Waals surface area contributed by atoms with Crippen LogP contribution in [0.2, 0.25) is 0 Å². The number of aliphatic hydroxyl groups is 5. The van der Waals surface area contributed by atoms with Gasteiger partial charge in [-0.25, -0.2) is 0 Å². The maximum atomic E-state index is 13.0. The van der Waals surface area contributed by atoms with Crippen molar-refractivity contribution in [1.29, 1.82) is 0 Å². The fraction of sp³-hybridized carbons (Fsp3) is 0.734. The normalized spacial score (nSPS) is 19.8. The fourth-order valence-electron chi connectivity index (χ4n) is 8.97. The Bertz CT molecular complexity index is 1460. The highest BCUT2D eigenvalue weighted by atomic mass is 16.7. The second-order valence-electron chi connectivity index (χ2n) is 20.4. The van der Waals surface area contributed by atoms with Crippen LogP contribution in [0, 0.1) is 0 Å². The van der Waals surface area contributed by atoms with Crippen LogP contribution in [0.4, 0.5) is 0 Å². The lowest BCUT2D eigenvalue weighted by molar-refractivity contribution is -0.302. The molecule has 0 saturated carbocycles. The van der Waals surface area contributed by atoms with Crippen LogP contribution in [0.3, 0.4) is 0 Å². The molecule has 0 radical (unpaired) electrons. The predicted octanol–water partition coefficient (Wildman–Crippen LogP) is 15.2. The molecule has 73 heavy (non-hydrogen) atoms. The number of allylic oxidation sites excluding steroid dienone is 15. The molecule has 1 heterocycles. The summed E-state index contributed by atoms with van der Waals surface area (Å²) >= 11 is 0. The van der Waals surface area contributed by atoms with Gasteiger partial charge in [-0.2, -0.15) is 0 Å². The Morgan fingerprint density at radius 1 is 0.479 bits per heavy atom. The summed E-state index contributed by atoms with van der Waals surface area (Å²) in [6.45, 7) is 3.64. The van der Waals surface area contributed by atoms with Gasteiger partial charge in [0.1, 0.15) is 24.4 Å². The van der Waals surface area contributed by atoms with E-state index in [0.717, 1.165) is 70.6 Å². The van der Waals surface area contributed by atoms with Gasteiger partial charge in [0.2, 0.25) is 5.91 Å². The van der Waals surface area contributed by atoms with Gasteiger partial charge in [-0.1, -0.05) is 265 Å². The molecule has 1 amide bonds. The summed E-state index contributed by atoms with van der Waals surface area (Å²) in [4.78, 5) is 13.0. The molecule has 0 spiro atoms. The zero-order valence-corrected chi connectivity index (χ0v) is 46.6. The maximum Gasteiger partial charge on any atom is 0.220 e. The average Bonchev–Trinajstić information content (AvgIpc) is 3.39. The topological polar surface area (TPSA) is 149 Å². The van der Waals surface area contributed by atoms with Gasteiger partial charge in [0.15, 0.2) is 6.29 Å². The van der Waals surface area contributed by atoms with Crippen LogP contribution in [0.1, 0.15) is 245 Å². The average molecular weight is 1020 g/mol. The van der Waals surface area contributed by atoms with Gasteiger partial charge in [-0.15, -0.1) is 0 Å². The molecule has 7 unspecified atom stereocenters. The van der Waals surface area contributed by atoms with Crippen molar-refractivity contribution in [2.24, 2.45) is 0 Å². The van der Waals surface area contributed by atoms with E-state index in [1.165, 1.54) is 148 Å². The molecule has 1 rings (SSSR count). The Morgan fingerprint density at radius 3 is 1.25 bits per heavy atom. The Kier molecular flexibility index (Phi) is 49.0. The molecular formula is C64H111NO8. The molecule has 0 bridgehead atoms. The third-order valence-corrected chi connectivity index (χ3v) is 13.7. The minimum absolute atomic E-state index is 0.217. The minimum atomic E-state index is -1.58. The summed E-state index contributed by atoms with van der Waals surface area (Å²) in [5.74, 6) is -0.236. The van der Waals surface area contributed by atoms with E-state index >= 15 is 0 Å². The highest BCUT2D eigenvalue weighted by molar-refractivity contribution is 5.76. The molecule has 9 nitrogen and oxygen atoms in total. The number of carbonyl (C=O) groups is 1. The molecule has 7 atom stereocenters. The van der Waals surface area contributed by atoms with Gasteiger partial charge in [0.25, 0.3) is 0 Å². The number of carbonyl (C=O) groups excluding carboxylic acids is 1. The molecular weight excluding hydrogens is 911 g/mol. The molecule has 1 fully saturated rings. The first kappa shape index (κ1) is 68.1. The molecule has 9 heteroatoms. The minimum Gasteiger partial charge on any atom is -0.394 e. The summed E-state index contributed by atoms with van der Waals surface area (Å²) < 4.78 is 11.3. The van der Waals surface area contributed by atoms with Crippen molar-refractivity contribution in [3.05, 3.63) is 97.2 Å². The first-order valence-corrected chi connectivity index (χ1v) is 30.0. The van der Waals surface area contributed by atoms with Crippen molar-refractivity contribution in [1.82, 2.24) is 5.32 Å². The van der Waals surface area contributed by atoms with Crippen LogP contribution >= 0.6 is 0 Å². The number of unbranched alkanes of at least 4 members (excludes halogenated alkanes) is 26. The number of nitrogens with one attached hydrogen (secondary N) is 1. The van der Waals surface area contributed by atoms with Crippen LogP contribution < -0.4 is 5.32 Å². The summed E-state index contributed by atoms with van der Waals surface area (Å²) in [5.41, 5.74) is 0.